The highest BCUT2D eigenvalue weighted by Crippen LogP contribution is 2.14. The zero-order valence-corrected chi connectivity index (χ0v) is 11.9. The van der Waals surface area contributed by atoms with Crippen molar-refractivity contribution in [2.45, 2.75) is 32.1 Å². The fourth-order valence-electron chi connectivity index (χ4n) is 1.94. The van der Waals surface area contributed by atoms with Crippen LogP contribution < -0.4 is 4.74 Å². The zero-order valence-electron chi connectivity index (χ0n) is 11.9. The Morgan fingerprint density at radius 3 is 2.71 bits per heavy atom. The van der Waals surface area contributed by atoms with Crippen molar-refractivity contribution in [1.29, 1.82) is 0 Å². The minimum absolute atomic E-state index is 0.173. The minimum Gasteiger partial charge on any atom is -0.497 e. The fourth-order valence-corrected chi connectivity index (χ4v) is 1.94. The number of carbonyl (C=O) groups is 1. The number of unbranched alkanes of at least 4 members (excludes halogenated alkanes) is 1. The number of aryl methyl sites for hydroxylation is 1. The summed E-state index contributed by atoms with van der Waals surface area (Å²) in [5, 5.41) is 12.5. The van der Waals surface area contributed by atoms with Crippen molar-refractivity contribution in [3.05, 3.63) is 41.5 Å². The number of ether oxygens (including phenoxy) is 1. The molecule has 0 aliphatic carbocycles. The molecule has 1 N–H and O–H groups in total. The first-order valence-corrected chi connectivity index (χ1v) is 6.83. The number of methoxy groups -OCH3 is 1. The topological polar surface area (TPSA) is 85.5 Å². The predicted molar refractivity (Wildman–Crippen MR) is 75.3 cm³/mol. The van der Waals surface area contributed by atoms with Crippen molar-refractivity contribution in [2.24, 2.45) is 0 Å². The van der Waals surface area contributed by atoms with Crippen LogP contribution in [0, 0.1) is 0 Å². The van der Waals surface area contributed by atoms with Gasteiger partial charge in [0.05, 0.1) is 7.11 Å². The number of hydrogen-bond acceptors (Lipinski definition) is 5. The molecule has 6 heteroatoms. The lowest BCUT2D eigenvalue weighted by molar-refractivity contribution is -0.137. The van der Waals surface area contributed by atoms with Crippen molar-refractivity contribution in [1.82, 2.24) is 10.1 Å². The highest BCUT2D eigenvalue weighted by atomic mass is 16.5. The van der Waals surface area contributed by atoms with E-state index in [4.69, 9.17) is 14.4 Å². The van der Waals surface area contributed by atoms with Gasteiger partial charge < -0.3 is 14.4 Å². The van der Waals surface area contributed by atoms with Crippen LogP contribution in [-0.4, -0.2) is 28.3 Å². The summed E-state index contributed by atoms with van der Waals surface area (Å²) in [5.41, 5.74) is 1.08. The van der Waals surface area contributed by atoms with Gasteiger partial charge in [0.15, 0.2) is 5.82 Å². The molecule has 2 aromatic rings. The summed E-state index contributed by atoms with van der Waals surface area (Å²) < 4.78 is 10.3. The van der Waals surface area contributed by atoms with Crippen LogP contribution in [0.15, 0.2) is 28.8 Å². The molecule has 6 nitrogen and oxygen atoms in total. The first-order chi connectivity index (χ1) is 10.2. The van der Waals surface area contributed by atoms with Gasteiger partial charge in [-0.3, -0.25) is 4.79 Å². The molecule has 0 amide bonds. The van der Waals surface area contributed by atoms with Gasteiger partial charge in [-0.1, -0.05) is 17.3 Å². The molecule has 1 heterocycles. The number of nitrogens with zero attached hydrogens (tertiary/aromatic N) is 2. The van der Waals surface area contributed by atoms with Gasteiger partial charge in [0.1, 0.15) is 5.75 Å². The molecule has 1 aromatic carbocycles. The van der Waals surface area contributed by atoms with Gasteiger partial charge in [0, 0.05) is 19.3 Å². The third kappa shape index (κ3) is 4.91. The summed E-state index contributed by atoms with van der Waals surface area (Å²) >= 11 is 0. The van der Waals surface area contributed by atoms with Gasteiger partial charge in [-0.25, -0.2) is 0 Å². The zero-order chi connectivity index (χ0) is 15.1. The maximum absolute atomic E-state index is 10.4. The molecule has 112 valence electrons. The number of aromatic nitrogens is 2. The van der Waals surface area contributed by atoms with Crippen LogP contribution in [-0.2, 0) is 17.6 Å². The summed E-state index contributed by atoms with van der Waals surface area (Å²) in [6.07, 6.45) is 2.74. The quantitative estimate of drug-likeness (QED) is 0.752. The van der Waals surface area contributed by atoms with E-state index in [0.717, 1.165) is 17.7 Å². The van der Waals surface area contributed by atoms with Crippen LogP contribution in [0.1, 0.15) is 36.5 Å². The van der Waals surface area contributed by atoms with Crippen molar-refractivity contribution >= 4 is 5.97 Å². The van der Waals surface area contributed by atoms with Crippen LogP contribution in [0.2, 0.25) is 0 Å². The molecule has 0 saturated heterocycles. The number of carboxylic acids is 1. The first-order valence-electron chi connectivity index (χ1n) is 6.83. The maximum atomic E-state index is 10.4. The Balaban J connectivity index is 1.83. The molecule has 2 rings (SSSR count). The van der Waals surface area contributed by atoms with E-state index < -0.39 is 5.97 Å². The molecule has 0 aliphatic heterocycles. The molecule has 0 atom stereocenters. The Morgan fingerprint density at radius 2 is 2.05 bits per heavy atom. The third-order valence-electron chi connectivity index (χ3n) is 3.06. The van der Waals surface area contributed by atoms with Crippen molar-refractivity contribution in [3.8, 4) is 5.75 Å². The molecule has 1 aromatic heterocycles. The minimum atomic E-state index is -0.777. The van der Waals surface area contributed by atoms with Crippen molar-refractivity contribution in [3.63, 3.8) is 0 Å². The Morgan fingerprint density at radius 1 is 1.29 bits per heavy atom. The van der Waals surface area contributed by atoms with E-state index in [0.29, 0.717) is 31.0 Å². The largest absolute Gasteiger partial charge is 0.497 e. The maximum Gasteiger partial charge on any atom is 0.303 e. The predicted octanol–water partition coefficient (Wildman–Crippen LogP) is 2.47. The Labute approximate surface area is 122 Å². The van der Waals surface area contributed by atoms with E-state index >= 15 is 0 Å². The third-order valence-corrected chi connectivity index (χ3v) is 3.06. The lowest BCUT2D eigenvalue weighted by atomic mass is 10.1. The summed E-state index contributed by atoms with van der Waals surface area (Å²) in [4.78, 5) is 14.7. The first kappa shape index (κ1) is 15.0. The highest BCUT2D eigenvalue weighted by Gasteiger charge is 2.07. The van der Waals surface area contributed by atoms with E-state index in [1.807, 2.05) is 24.3 Å². The monoisotopic (exact) mass is 290 g/mol. The smallest absolute Gasteiger partial charge is 0.303 e. The molecule has 0 aliphatic rings. The van der Waals surface area contributed by atoms with Crippen LogP contribution in [0.25, 0.3) is 0 Å². The van der Waals surface area contributed by atoms with E-state index in [-0.39, 0.29) is 6.42 Å². The molecule has 0 unspecified atom stereocenters. The molecule has 0 radical (unpaired) electrons. The fraction of sp³-hybridized carbons (Fsp3) is 0.400. The van der Waals surface area contributed by atoms with Gasteiger partial charge in [-0.2, -0.15) is 4.98 Å². The molecular formula is C15H18N2O4. The summed E-state index contributed by atoms with van der Waals surface area (Å²) in [6.45, 7) is 0. The van der Waals surface area contributed by atoms with Crippen molar-refractivity contribution in [2.75, 3.05) is 7.11 Å². The van der Waals surface area contributed by atoms with Crippen molar-refractivity contribution < 1.29 is 19.2 Å². The van der Waals surface area contributed by atoms with E-state index in [9.17, 15) is 4.79 Å². The summed E-state index contributed by atoms with van der Waals surface area (Å²) in [6, 6.07) is 7.70. The van der Waals surface area contributed by atoms with E-state index in [1.54, 1.807) is 7.11 Å². The van der Waals surface area contributed by atoms with Crippen LogP contribution in [0.5, 0.6) is 5.75 Å². The van der Waals surface area contributed by atoms with Gasteiger partial charge in [-0.15, -0.1) is 0 Å². The number of hydrogen-bond donors (Lipinski definition) is 1. The van der Waals surface area contributed by atoms with Gasteiger partial charge in [0.2, 0.25) is 5.89 Å². The second-order valence-corrected chi connectivity index (χ2v) is 4.73. The second-order valence-electron chi connectivity index (χ2n) is 4.73. The average molecular weight is 290 g/mol. The highest BCUT2D eigenvalue weighted by molar-refractivity contribution is 5.66. The SMILES string of the molecule is COc1ccc(Cc2noc(CCCCC(=O)O)n2)cc1. The Kier molecular flexibility index (Phi) is 5.31. The average Bonchev–Trinajstić information content (AvgIpc) is 2.92. The van der Waals surface area contributed by atoms with Gasteiger partial charge in [-0.05, 0) is 30.5 Å². The molecule has 0 spiro atoms. The van der Waals surface area contributed by atoms with Gasteiger partial charge in [0.25, 0.3) is 0 Å². The molecule has 0 fully saturated rings. The normalized spacial score (nSPS) is 10.5. The summed E-state index contributed by atoms with van der Waals surface area (Å²) in [7, 11) is 1.63. The van der Waals surface area contributed by atoms with Gasteiger partial charge >= 0.3 is 5.97 Å². The van der Waals surface area contributed by atoms with Crippen LogP contribution in [0.4, 0.5) is 0 Å². The standard InChI is InChI=1S/C15H18N2O4/c1-20-12-8-6-11(7-9-12)10-13-16-14(21-17-13)4-2-3-5-15(18)19/h6-9H,2-5,10H2,1H3,(H,18,19). The number of carboxylic acid groups (broad SMARTS) is 1. The Bertz CT molecular complexity index is 578. The number of rotatable bonds is 8. The number of benzene rings is 1. The summed E-state index contributed by atoms with van der Waals surface area (Å²) in [5.74, 6) is 1.23. The number of aliphatic carboxylic acids is 1. The van der Waals surface area contributed by atoms with E-state index in [2.05, 4.69) is 10.1 Å². The molecule has 21 heavy (non-hydrogen) atoms. The second kappa shape index (κ2) is 7.42. The lowest BCUT2D eigenvalue weighted by Crippen LogP contribution is -1.95. The molecular weight excluding hydrogens is 272 g/mol. The molecule has 0 saturated carbocycles. The van der Waals surface area contributed by atoms with Crippen LogP contribution in [0.3, 0.4) is 0 Å². The lowest BCUT2D eigenvalue weighted by Gasteiger charge is -2.00. The Hall–Kier alpha value is -2.37. The molecule has 0 bridgehead atoms. The van der Waals surface area contributed by atoms with E-state index in [1.165, 1.54) is 0 Å². The van der Waals surface area contributed by atoms with Crippen LogP contribution >= 0.6 is 0 Å².